The molecular formula is C23H26F2N6. The molecule has 0 aliphatic carbocycles. The lowest BCUT2D eigenvalue weighted by Crippen LogP contribution is -2.44. The molecule has 0 bridgehead atoms. The molecule has 6 nitrogen and oxygen atoms in total. The van der Waals surface area contributed by atoms with Gasteiger partial charge in [-0.05, 0) is 35.7 Å². The zero-order valence-electron chi connectivity index (χ0n) is 17.4. The smallest absolute Gasteiger partial charge is 0.191 e. The Hall–Kier alpha value is -3.42. The van der Waals surface area contributed by atoms with Crippen molar-refractivity contribution in [3.63, 3.8) is 0 Å². The molecule has 1 aliphatic heterocycles. The van der Waals surface area contributed by atoms with E-state index in [1.165, 1.54) is 17.7 Å². The third-order valence-electron chi connectivity index (χ3n) is 5.36. The van der Waals surface area contributed by atoms with Gasteiger partial charge in [-0.2, -0.15) is 5.10 Å². The highest BCUT2D eigenvalue weighted by atomic mass is 19.1. The number of nitrogens with one attached hydrogen (secondary N) is 2. The molecule has 0 amide bonds. The normalized spacial score (nSPS) is 16.5. The number of nitrogens with zero attached hydrogens (tertiary/aromatic N) is 4. The van der Waals surface area contributed by atoms with Crippen LogP contribution in [0.4, 0.5) is 14.5 Å². The number of aromatic nitrogens is 2. The monoisotopic (exact) mass is 424 g/mol. The number of anilines is 1. The van der Waals surface area contributed by atoms with E-state index in [9.17, 15) is 8.78 Å². The van der Waals surface area contributed by atoms with Gasteiger partial charge in [0.15, 0.2) is 5.96 Å². The average molecular weight is 424 g/mol. The maximum atomic E-state index is 14.1. The summed E-state index contributed by atoms with van der Waals surface area (Å²) in [4.78, 5) is 6.24. The average Bonchev–Trinajstić information content (AvgIpc) is 3.43. The Morgan fingerprint density at radius 1 is 1.16 bits per heavy atom. The maximum Gasteiger partial charge on any atom is 0.191 e. The Bertz CT molecular complexity index is 1030. The van der Waals surface area contributed by atoms with Crippen LogP contribution in [0.3, 0.4) is 0 Å². The molecule has 1 fully saturated rings. The van der Waals surface area contributed by atoms with Gasteiger partial charge in [-0.3, -0.25) is 9.67 Å². The van der Waals surface area contributed by atoms with Crippen molar-refractivity contribution in [3.05, 3.63) is 83.7 Å². The molecule has 0 saturated carbocycles. The molecule has 31 heavy (non-hydrogen) atoms. The first-order chi connectivity index (χ1) is 15.1. The van der Waals surface area contributed by atoms with E-state index < -0.39 is 11.6 Å². The molecule has 3 aromatic rings. The Morgan fingerprint density at radius 2 is 2.03 bits per heavy atom. The molecule has 0 spiro atoms. The molecule has 2 aromatic carbocycles. The van der Waals surface area contributed by atoms with Gasteiger partial charge in [0.2, 0.25) is 0 Å². The van der Waals surface area contributed by atoms with Crippen molar-refractivity contribution >= 4 is 11.6 Å². The van der Waals surface area contributed by atoms with Crippen LogP contribution >= 0.6 is 0 Å². The highest BCUT2D eigenvalue weighted by Gasteiger charge is 2.25. The van der Waals surface area contributed by atoms with Gasteiger partial charge >= 0.3 is 0 Å². The zero-order valence-corrected chi connectivity index (χ0v) is 17.4. The second kappa shape index (κ2) is 9.59. The summed E-state index contributed by atoms with van der Waals surface area (Å²) in [6.07, 6.45) is 4.56. The minimum absolute atomic E-state index is 0.127. The molecule has 4 rings (SSSR count). The predicted molar refractivity (Wildman–Crippen MR) is 118 cm³/mol. The van der Waals surface area contributed by atoms with Crippen molar-refractivity contribution < 1.29 is 8.78 Å². The second-order valence-electron chi connectivity index (χ2n) is 7.62. The van der Waals surface area contributed by atoms with E-state index >= 15 is 0 Å². The fourth-order valence-corrected chi connectivity index (χ4v) is 3.83. The fraction of sp³-hybridized carbons (Fsp3) is 0.304. The second-order valence-corrected chi connectivity index (χ2v) is 7.62. The van der Waals surface area contributed by atoms with Gasteiger partial charge in [-0.15, -0.1) is 0 Å². The lowest BCUT2D eigenvalue weighted by Gasteiger charge is -2.21. The van der Waals surface area contributed by atoms with E-state index in [1.54, 1.807) is 13.2 Å². The van der Waals surface area contributed by atoms with Crippen LogP contribution in [0.5, 0.6) is 0 Å². The maximum absolute atomic E-state index is 14.1. The number of guanidine groups is 1. The van der Waals surface area contributed by atoms with Crippen molar-refractivity contribution in [2.75, 3.05) is 25.0 Å². The van der Waals surface area contributed by atoms with Crippen LogP contribution in [0.1, 0.15) is 17.5 Å². The summed E-state index contributed by atoms with van der Waals surface area (Å²) in [6, 6.07) is 14.1. The summed E-state index contributed by atoms with van der Waals surface area (Å²) in [7, 11) is 1.73. The van der Waals surface area contributed by atoms with Gasteiger partial charge in [-0.25, -0.2) is 8.78 Å². The first kappa shape index (κ1) is 20.8. The summed E-state index contributed by atoms with van der Waals surface area (Å²) in [5.41, 5.74) is 2.76. The first-order valence-electron chi connectivity index (χ1n) is 10.3. The first-order valence-corrected chi connectivity index (χ1v) is 10.3. The SMILES string of the molecule is CN=C(NCc1cccc(Cn2cccn2)c1)NC1CCN(c2ccc(F)cc2F)C1. The van der Waals surface area contributed by atoms with Crippen LogP contribution in [0.2, 0.25) is 0 Å². The van der Waals surface area contributed by atoms with E-state index in [4.69, 9.17) is 0 Å². The summed E-state index contributed by atoms with van der Waals surface area (Å²) >= 11 is 0. The van der Waals surface area contributed by atoms with Gasteiger partial charge in [0.05, 0.1) is 12.2 Å². The lowest BCUT2D eigenvalue weighted by atomic mass is 10.1. The van der Waals surface area contributed by atoms with Crippen LogP contribution in [0.15, 0.2) is 65.9 Å². The summed E-state index contributed by atoms with van der Waals surface area (Å²) < 4.78 is 29.1. The quantitative estimate of drug-likeness (QED) is 0.472. The van der Waals surface area contributed by atoms with Crippen molar-refractivity contribution in [3.8, 4) is 0 Å². The van der Waals surface area contributed by atoms with Crippen molar-refractivity contribution in [2.45, 2.75) is 25.6 Å². The molecule has 2 heterocycles. The van der Waals surface area contributed by atoms with Crippen LogP contribution in [-0.2, 0) is 13.1 Å². The van der Waals surface area contributed by atoms with Crippen LogP contribution < -0.4 is 15.5 Å². The highest BCUT2D eigenvalue weighted by molar-refractivity contribution is 5.80. The predicted octanol–water partition coefficient (Wildman–Crippen LogP) is 3.15. The molecule has 1 unspecified atom stereocenters. The Balaban J connectivity index is 1.30. The Morgan fingerprint density at radius 3 is 2.81 bits per heavy atom. The number of hydrogen-bond donors (Lipinski definition) is 2. The van der Waals surface area contributed by atoms with Gasteiger partial charge in [-0.1, -0.05) is 24.3 Å². The minimum atomic E-state index is -0.562. The molecule has 0 radical (unpaired) electrons. The zero-order chi connectivity index (χ0) is 21.6. The standard InChI is InChI=1S/C23H26F2N6/c1-26-23(27-14-17-4-2-5-18(12-17)15-31-10-3-9-28-31)29-20-8-11-30(16-20)22-7-6-19(24)13-21(22)25/h2-7,9-10,12-13,20H,8,11,14-16H2,1H3,(H2,26,27,29). The number of rotatable bonds is 6. The fourth-order valence-electron chi connectivity index (χ4n) is 3.83. The summed E-state index contributed by atoms with van der Waals surface area (Å²) in [6.45, 7) is 2.69. The van der Waals surface area contributed by atoms with E-state index in [-0.39, 0.29) is 6.04 Å². The minimum Gasteiger partial charge on any atom is -0.367 e. The summed E-state index contributed by atoms with van der Waals surface area (Å²) in [5.74, 6) is -0.393. The van der Waals surface area contributed by atoms with Gasteiger partial charge in [0.25, 0.3) is 0 Å². The van der Waals surface area contributed by atoms with E-state index in [2.05, 4.69) is 38.9 Å². The van der Waals surface area contributed by atoms with Gasteiger partial charge in [0.1, 0.15) is 11.6 Å². The van der Waals surface area contributed by atoms with Crippen molar-refractivity contribution in [1.29, 1.82) is 0 Å². The molecule has 1 atom stereocenters. The number of hydrogen-bond acceptors (Lipinski definition) is 3. The van der Waals surface area contributed by atoms with E-state index in [0.29, 0.717) is 31.3 Å². The molecule has 2 N–H and O–H groups in total. The number of halogens is 2. The Kier molecular flexibility index (Phi) is 6.45. The Labute approximate surface area is 180 Å². The van der Waals surface area contributed by atoms with Crippen LogP contribution in [0, 0.1) is 11.6 Å². The van der Waals surface area contributed by atoms with Gasteiger partial charge in [0, 0.05) is 51.2 Å². The third kappa shape index (κ3) is 5.39. The molecular weight excluding hydrogens is 398 g/mol. The van der Waals surface area contributed by atoms with E-state index in [1.807, 2.05) is 27.9 Å². The molecule has 1 saturated heterocycles. The topological polar surface area (TPSA) is 57.5 Å². The highest BCUT2D eigenvalue weighted by Crippen LogP contribution is 2.24. The molecule has 8 heteroatoms. The van der Waals surface area contributed by atoms with Gasteiger partial charge < -0.3 is 15.5 Å². The third-order valence-corrected chi connectivity index (χ3v) is 5.36. The van der Waals surface area contributed by atoms with E-state index in [0.717, 1.165) is 24.6 Å². The summed E-state index contributed by atoms with van der Waals surface area (Å²) in [5, 5.41) is 11.0. The lowest BCUT2D eigenvalue weighted by molar-refractivity contribution is 0.580. The molecule has 1 aliphatic rings. The largest absolute Gasteiger partial charge is 0.367 e. The van der Waals surface area contributed by atoms with Crippen LogP contribution in [0.25, 0.3) is 0 Å². The molecule has 1 aromatic heterocycles. The number of benzene rings is 2. The van der Waals surface area contributed by atoms with Crippen LogP contribution in [-0.4, -0.2) is 41.9 Å². The number of aliphatic imine (C=N–C) groups is 1. The van der Waals surface area contributed by atoms with Crippen molar-refractivity contribution in [1.82, 2.24) is 20.4 Å². The van der Waals surface area contributed by atoms with Crippen molar-refractivity contribution in [2.24, 2.45) is 4.99 Å². The molecule has 162 valence electrons.